The predicted molar refractivity (Wildman–Crippen MR) is 69.8 cm³/mol. The van der Waals surface area contributed by atoms with Gasteiger partial charge in [0.05, 0.1) is 12.1 Å². The second-order valence-electron chi connectivity index (χ2n) is 4.49. The first kappa shape index (κ1) is 11.6. The van der Waals surface area contributed by atoms with Gasteiger partial charge in [-0.2, -0.15) is 0 Å². The van der Waals surface area contributed by atoms with Gasteiger partial charge in [-0.05, 0) is 11.6 Å². The third-order valence-corrected chi connectivity index (χ3v) is 3.19. The lowest BCUT2D eigenvalue weighted by Gasteiger charge is -2.27. The molecule has 19 heavy (non-hydrogen) atoms. The van der Waals surface area contributed by atoms with E-state index in [4.69, 9.17) is 0 Å². The fourth-order valence-electron chi connectivity index (χ4n) is 2.24. The minimum Gasteiger partial charge on any atom is -0.327 e. The van der Waals surface area contributed by atoms with Crippen molar-refractivity contribution in [3.63, 3.8) is 0 Å². The van der Waals surface area contributed by atoms with Crippen molar-refractivity contribution in [2.75, 3.05) is 6.54 Å². The van der Waals surface area contributed by atoms with Crippen LogP contribution in [0.1, 0.15) is 26.3 Å². The molecule has 4 nitrogen and oxygen atoms in total. The van der Waals surface area contributed by atoms with E-state index in [2.05, 4.69) is 4.98 Å². The number of benzene rings is 1. The van der Waals surface area contributed by atoms with Gasteiger partial charge in [0.25, 0.3) is 5.91 Å². The van der Waals surface area contributed by atoms with Crippen LogP contribution in [0.5, 0.6) is 0 Å². The van der Waals surface area contributed by atoms with Crippen LogP contribution in [0.25, 0.3) is 0 Å². The van der Waals surface area contributed by atoms with E-state index in [0.717, 1.165) is 5.56 Å². The second-order valence-corrected chi connectivity index (χ2v) is 4.49. The van der Waals surface area contributed by atoms with Gasteiger partial charge in [-0.15, -0.1) is 0 Å². The van der Waals surface area contributed by atoms with Crippen molar-refractivity contribution < 1.29 is 9.59 Å². The van der Waals surface area contributed by atoms with Crippen LogP contribution >= 0.6 is 0 Å². The van der Waals surface area contributed by atoms with Gasteiger partial charge in [0, 0.05) is 24.5 Å². The summed E-state index contributed by atoms with van der Waals surface area (Å²) < 4.78 is 0. The molecular weight excluding hydrogens is 240 g/mol. The van der Waals surface area contributed by atoms with Crippen molar-refractivity contribution in [2.45, 2.75) is 6.54 Å². The summed E-state index contributed by atoms with van der Waals surface area (Å²) in [4.78, 5) is 29.8. The molecule has 2 aromatic rings. The Hall–Kier alpha value is -2.49. The molecule has 1 amide bonds. The standard InChI is InChI=1S/C15H12N2O2/c18-14-10-17(9-11-4-2-1-3-5-11)15(19)13-8-16-7-6-12(13)14/h1-8H,9-10H2. The van der Waals surface area contributed by atoms with E-state index in [1.165, 1.54) is 12.4 Å². The van der Waals surface area contributed by atoms with Gasteiger partial charge in [0.15, 0.2) is 5.78 Å². The van der Waals surface area contributed by atoms with Crippen LogP contribution in [0, 0.1) is 0 Å². The van der Waals surface area contributed by atoms with E-state index in [0.29, 0.717) is 17.7 Å². The third kappa shape index (κ3) is 2.12. The summed E-state index contributed by atoms with van der Waals surface area (Å²) in [5.41, 5.74) is 1.88. The Morgan fingerprint density at radius 3 is 2.63 bits per heavy atom. The molecule has 0 spiro atoms. The smallest absolute Gasteiger partial charge is 0.256 e. The molecule has 1 aliphatic heterocycles. The average Bonchev–Trinajstić information content (AvgIpc) is 2.46. The number of amides is 1. The summed E-state index contributed by atoms with van der Waals surface area (Å²) in [6.45, 7) is 0.574. The molecule has 0 N–H and O–H groups in total. The van der Waals surface area contributed by atoms with E-state index in [-0.39, 0.29) is 18.2 Å². The largest absolute Gasteiger partial charge is 0.327 e. The zero-order valence-corrected chi connectivity index (χ0v) is 10.2. The number of hydrogen-bond donors (Lipinski definition) is 0. The molecule has 1 aromatic carbocycles. The van der Waals surface area contributed by atoms with E-state index < -0.39 is 0 Å². The van der Waals surface area contributed by atoms with Gasteiger partial charge in [0.2, 0.25) is 0 Å². The molecule has 4 heteroatoms. The van der Waals surface area contributed by atoms with Gasteiger partial charge in [-0.1, -0.05) is 30.3 Å². The van der Waals surface area contributed by atoms with Crippen molar-refractivity contribution in [2.24, 2.45) is 0 Å². The van der Waals surface area contributed by atoms with E-state index in [9.17, 15) is 9.59 Å². The molecule has 0 atom stereocenters. The molecule has 1 aromatic heterocycles. The summed E-state index contributed by atoms with van der Waals surface area (Å²) in [5.74, 6) is -0.167. The van der Waals surface area contributed by atoms with Crippen LogP contribution in [-0.4, -0.2) is 28.1 Å². The van der Waals surface area contributed by atoms with Gasteiger partial charge in [0.1, 0.15) is 0 Å². The highest BCUT2D eigenvalue weighted by atomic mass is 16.2. The Bertz CT molecular complexity index is 638. The number of carbonyl (C=O) groups is 2. The van der Waals surface area contributed by atoms with Crippen molar-refractivity contribution in [1.29, 1.82) is 0 Å². The third-order valence-electron chi connectivity index (χ3n) is 3.19. The van der Waals surface area contributed by atoms with Crippen molar-refractivity contribution in [1.82, 2.24) is 9.88 Å². The van der Waals surface area contributed by atoms with Crippen LogP contribution in [0.3, 0.4) is 0 Å². The van der Waals surface area contributed by atoms with Crippen LogP contribution in [0.2, 0.25) is 0 Å². The summed E-state index contributed by atoms with van der Waals surface area (Å²) in [7, 11) is 0. The van der Waals surface area contributed by atoms with Crippen molar-refractivity contribution in [3.8, 4) is 0 Å². The quantitative estimate of drug-likeness (QED) is 0.820. The summed E-state index contributed by atoms with van der Waals surface area (Å²) in [6, 6.07) is 11.2. The Labute approximate surface area is 110 Å². The topological polar surface area (TPSA) is 50.3 Å². The highest BCUT2D eigenvalue weighted by molar-refractivity contribution is 6.13. The van der Waals surface area contributed by atoms with Gasteiger partial charge >= 0.3 is 0 Å². The van der Waals surface area contributed by atoms with E-state index >= 15 is 0 Å². The van der Waals surface area contributed by atoms with Gasteiger partial charge < -0.3 is 4.90 Å². The number of hydrogen-bond acceptors (Lipinski definition) is 3. The van der Waals surface area contributed by atoms with Crippen molar-refractivity contribution >= 4 is 11.7 Å². The Morgan fingerprint density at radius 1 is 1.05 bits per heavy atom. The number of nitrogens with zero attached hydrogens (tertiary/aromatic N) is 2. The summed E-state index contributed by atoms with van der Waals surface area (Å²) >= 11 is 0. The van der Waals surface area contributed by atoms with Gasteiger partial charge in [-0.3, -0.25) is 14.6 Å². The molecular formula is C15H12N2O2. The number of pyridine rings is 1. The zero-order chi connectivity index (χ0) is 13.2. The first-order chi connectivity index (χ1) is 9.25. The van der Waals surface area contributed by atoms with Crippen LogP contribution in [-0.2, 0) is 6.54 Å². The lowest BCUT2D eigenvalue weighted by molar-refractivity contribution is 0.0668. The molecule has 0 aliphatic carbocycles. The number of ketones is 1. The Balaban J connectivity index is 1.91. The fourth-order valence-corrected chi connectivity index (χ4v) is 2.24. The molecule has 0 bridgehead atoms. The number of Topliss-reactive ketones (excluding diaryl/α,β-unsaturated/α-hetero) is 1. The Kier molecular flexibility index (Phi) is 2.83. The van der Waals surface area contributed by atoms with Crippen LogP contribution in [0.15, 0.2) is 48.8 Å². The summed E-state index contributed by atoms with van der Waals surface area (Å²) in [5, 5.41) is 0. The highest BCUT2D eigenvalue weighted by Gasteiger charge is 2.29. The molecule has 1 aliphatic rings. The number of carbonyl (C=O) groups excluding carboxylic acids is 2. The van der Waals surface area contributed by atoms with Crippen molar-refractivity contribution in [3.05, 3.63) is 65.5 Å². The molecule has 94 valence electrons. The predicted octanol–water partition coefficient (Wildman–Crippen LogP) is 1.92. The lowest BCUT2D eigenvalue weighted by atomic mass is 10.00. The molecule has 0 radical (unpaired) electrons. The lowest BCUT2D eigenvalue weighted by Crippen LogP contribution is -2.40. The normalized spacial score (nSPS) is 14.4. The van der Waals surface area contributed by atoms with Gasteiger partial charge in [-0.25, -0.2) is 0 Å². The molecule has 0 saturated heterocycles. The minimum atomic E-state index is -0.133. The maximum atomic E-state index is 12.3. The summed E-state index contributed by atoms with van der Waals surface area (Å²) in [6.07, 6.45) is 3.00. The average molecular weight is 252 g/mol. The van der Waals surface area contributed by atoms with Crippen LogP contribution < -0.4 is 0 Å². The molecule has 0 saturated carbocycles. The highest BCUT2D eigenvalue weighted by Crippen LogP contribution is 2.19. The molecule has 0 unspecified atom stereocenters. The zero-order valence-electron chi connectivity index (χ0n) is 10.2. The maximum Gasteiger partial charge on any atom is 0.256 e. The SMILES string of the molecule is O=C1CN(Cc2ccccc2)C(=O)c2cnccc21. The maximum absolute atomic E-state index is 12.3. The second kappa shape index (κ2) is 4.65. The number of rotatable bonds is 2. The first-order valence-corrected chi connectivity index (χ1v) is 6.06. The monoisotopic (exact) mass is 252 g/mol. The fraction of sp³-hybridized carbons (Fsp3) is 0.133. The number of fused-ring (bicyclic) bond motifs is 1. The van der Waals surface area contributed by atoms with E-state index in [1.54, 1.807) is 11.0 Å². The molecule has 2 heterocycles. The molecule has 0 fully saturated rings. The Morgan fingerprint density at radius 2 is 1.84 bits per heavy atom. The molecule has 3 rings (SSSR count). The minimum absolute atomic E-state index is 0.0343. The van der Waals surface area contributed by atoms with E-state index in [1.807, 2.05) is 30.3 Å². The number of aromatic nitrogens is 1. The first-order valence-electron chi connectivity index (χ1n) is 6.06. The van der Waals surface area contributed by atoms with Crippen LogP contribution in [0.4, 0.5) is 0 Å².